The minimum Gasteiger partial charge on any atom is -0.361 e. The Kier molecular flexibility index (Phi) is 4.82. The monoisotopic (exact) mass is 210 g/mol. The first kappa shape index (κ1) is 12.2. The third kappa shape index (κ3) is 3.67. The van der Waals surface area contributed by atoms with E-state index in [1.807, 2.05) is 13.8 Å². The Hall–Kier alpha value is -0.830. The van der Waals surface area contributed by atoms with Gasteiger partial charge in [-0.05, 0) is 46.6 Å². The number of hydrogen-bond acceptors (Lipinski definition) is 3. The summed E-state index contributed by atoms with van der Waals surface area (Å²) in [5.41, 5.74) is 2.32. The molecule has 86 valence electrons. The van der Waals surface area contributed by atoms with Gasteiger partial charge < -0.3 is 9.84 Å². The van der Waals surface area contributed by atoms with Gasteiger partial charge in [-0.25, -0.2) is 0 Å². The molecule has 0 spiro atoms. The minimum atomic E-state index is 0.620. The van der Waals surface area contributed by atoms with Crippen molar-refractivity contribution in [2.75, 3.05) is 6.54 Å². The predicted molar refractivity (Wildman–Crippen MR) is 62.1 cm³/mol. The Morgan fingerprint density at radius 3 is 2.67 bits per heavy atom. The number of nitrogens with one attached hydrogen (secondary N) is 1. The second-order valence-electron chi connectivity index (χ2n) is 4.17. The van der Waals surface area contributed by atoms with Gasteiger partial charge in [0.25, 0.3) is 0 Å². The zero-order valence-corrected chi connectivity index (χ0v) is 10.3. The predicted octanol–water partition coefficient (Wildman–Crippen LogP) is 2.61. The molecule has 1 N–H and O–H groups in total. The molecule has 1 rings (SSSR count). The van der Waals surface area contributed by atoms with Crippen molar-refractivity contribution in [1.29, 1.82) is 0 Å². The van der Waals surface area contributed by atoms with Gasteiger partial charge in [-0.15, -0.1) is 0 Å². The molecule has 1 atom stereocenters. The maximum absolute atomic E-state index is 5.12. The van der Waals surface area contributed by atoms with Crippen LogP contribution in [0.25, 0.3) is 0 Å². The number of aromatic nitrogens is 1. The summed E-state index contributed by atoms with van der Waals surface area (Å²) in [7, 11) is 0. The van der Waals surface area contributed by atoms with E-state index in [4.69, 9.17) is 4.52 Å². The van der Waals surface area contributed by atoms with Crippen LogP contribution in [0.4, 0.5) is 0 Å². The molecule has 15 heavy (non-hydrogen) atoms. The summed E-state index contributed by atoms with van der Waals surface area (Å²) in [5.74, 6) is 0.969. The van der Waals surface area contributed by atoms with Crippen LogP contribution in [0.1, 0.15) is 43.7 Å². The van der Waals surface area contributed by atoms with Gasteiger partial charge in [-0.1, -0.05) is 12.1 Å². The van der Waals surface area contributed by atoms with E-state index >= 15 is 0 Å². The lowest BCUT2D eigenvalue weighted by Crippen LogP contribution is -2.26. The van der Waals surface area contributed by atoms with E-state index in [-0.39, 0.29) is 0 Å². The van der Waals surface area contributed by atoms with Crippen molar-refractivity contribution in [1.82, 2.24) is 10.5 Å². The zero-order chi connectivity index (χ0) is 11.3. The summed E-state index contributed by atoms with van der Waals surface area (Å²) >= 11 is 0. The standard InChI is InChI=1S/C12H22N2O/c1-5-9(2)13-8-6-7-12-10(3)14-15-11(12)4/h9,13H,5-8H2,1-4H3. The Morgan fingerprint density at radius 1 is 1.40 bits per heavy atom. The fourth-order valence-corrected chi connectivity index (χ4v) is 1.62. The first-order chi connectivity index (χ1) is 7.15. The van der Waals surface area contributed by atoms with Crippen LogP contribution >= 0.6 is 0 Å². The summed E-state index contributed by atoms with van der Waals surface area (Å²) in [4.78, 5) is 0. The van der Waals surface area contributed by atoms with Crippen molar-refractivity contribution in [3.05, 3.63) is 17.0 Å². The molecule has 1 aromatic rings. The number of nitrogens with zero attached hydrogens (tertiary/aromatic N) is 1. The van der Waals surface area contributed by atoms with Gasteiger partial charge >= 0.3 is 0 Å². The Morgan fingerprint density at radius 2 is 2.13 bits per heavy atom. The van der Waals surface area contributed by atoms with Gasteiger partial charge in [-0.2, -0.15) is 0 Å². The maximum atomic E-state index is 5.12. The lowest BCUT2D eigenvalue weighted by atomic mass is 10.1. The van der Waals surface area contributed by atoms with Crippen LogP contribution in [0.5, 0.6) is 0 Å². The normalized spacial score (nSPS) is 13.1. The molecule has 0 aliphatic heterocycles. The summed E-state index contributed by atoms with van der Waals surface area (Å²) in [6, 6.07) is 0.620. The first-order valence-corrected chi connectivity index (χ1v) is 5.80. The highest BCUT2D eigenvalue weighted by molar-refractivity contribution is 5.20. The largest absolute Gasteiger partial charge is 0.361 e. The molecule has 1 unspecified atom stereocenters. The fraction of sp³-hybridized carbons (Fsp3) is 0.750. The van der Waals surface area contributed by atoms with Crippen molar-refractivity contribution >= 4 is 0 Å². The third-order valence-corrected chi connectivity index (χ3v) is 2.89. The van der Waals surface area contributed by atoms with E-state index in [1.165, 1.54) is 12.0 Å². The highest BCUT2D eigenvalue weighted by Gasteiger charge is 2.07. The molecule has 0 aliphatic carbocycles. The molecule has 0 saturated carbocycles. The molecule has 0 saturated heterocycles. The van der Waals surface area contributed by atoms with Gasteiger partial charge in [0.05, 0.1) is 5.69 Å². The van der Waals surface area contributed by atoms with E-state index in [0.29, 0.717) is 6.04 Å². The first-order valence-electron chi connectivity index (χ1n) is 5.80. The van der Waals surface area contributed by atoms with Crippen molar-refractivity contribution in [2.45, 2.75) is 53.0 Å². The molecule has 3 heteroatoms. The smallest absolute Gasteiger partial charge is 0.137 e. The van der Waals surface area contributed by atoms with E-state index in [2.05, 4.69) is 24.3 Å². The van der Waals surface area contributed by atoms with Gasteiger partial charge in [0.1, 0.15) is 5.76 Å². The second kappa shape index (κ2) is 5.91. The molecule has 0 aromatic carbocycles. The summed E-state index contributed by atoms with van der Waals surface area (Å²) < 4.78 is 5.12. The molecule has 0 aliphatic rings. The molecule has 0 amide bonds. The van der Waals surface area contributed by atoms with Crippen LogP contribution < -0.4 is 5.32 Å². The van der Waals surface area contributed by atoms with Crippen LogP contribution in [-0.2, 0) is 6.42 Å². The molecule has 0 bridgehead atoms. The molecule has 0 fully saturated rings. The van der Waals surface area contributed by atoms with Crippen LogP contribution in [-0.4, -0.2) is 17.7 Å². The number of aryl methyl sites for hydroxylation is 2. The van der Waals surface area contributed by atoms with E-state index in [9.17, 15) is 0 Å². The zero-order valence-electron chi connectivity index (χ0n) is 10.3. The van der Waals surface area contributed by atoms with Gasteiger partial charge in [0.2, 0.25) is 0 Å². The van der Waals surface area contributed by atoms with E-state index < -0.39 is 0 Å². The van der Waals surface area contributed by atoms with E-state index in [1.54, 1.807) is 0 Å². The number of hydrogen-bond donors (Lipinski definition) is 1. The second-order valence-corrected chi connectivity index (χ2v) is 4.17. The summed E-state index contributed by atoms with van der Waals surface area (Å²) in [5, 5.41) is 7.43. The maximum Gasteiger partial charge on any atom is 0.137 e. The van der Waals surface area contributed by atoms with Gasteiger partial charge in [0.15, 0.2) is 0 Å². The molecule has 1 aromatic heterocycles. The topological polar surface area (TPSA) is 38.1 Å². The summed E-state index contributed by atoms with van der Waals surface area (Å²) in [6.45, 7) is 9.48. The Balaban J connectivity index is 2.26. The van der Waals surface area contributed by atoms with Crippen LogP contribution in [0.15, 0.2) is 4.52 Å². The molecular formula is C12H22N2O. The lowest BCUT2D eigenvalue weighted by molar-refractivity contribution is 0.392. The van der Waals surface area contributed by atoms with Crippen LogP contribution in [0.3, 0.4) is 0 Å². The van der Waals surface area contributed by atoms with Gasteiger partial charge in [0, 0.05) is 11.6 Å². The highest BCUT2D eigenvalue weighted by Crippen LogP contribution is 2.13. The SMILES string of the molecule is CCC(C)NCCCc1c(C)noc1C. The van der Waals surface area contributed by atoms with Crippen LogP contribution in [0, 0.1) is 13.8 Å². The van der Waals surface area contributed by atoms with Gasteiger partial charge in [-0.3, -0.25) is 0 Å². The third-order valence-electron chi connectivity index (χ3n) is 2.89. The lowest BCUT2D eigenvalue weighted by Gasteiger charge is -2.10. The minimum absolute atomic E-state index is 0.620. The Bertz CT molecular complexity index is 274. The van der Waals surface area contributed by atoms with Crippen LogP contribution in [0.2, 0.25) is 0 Å². The molecule has 3 nitrogen and oxygen atoms in total. The quantitative estimate of drug-likeness (QED) is 0.733. The average molecular weight is 210 g/mol. The van der Waals surface area contributed by atoms with Crippen molar-refractivity contribution in [3.8, 4) is 0 Å². The highest BCUT2D eigenvalue weighted by atomic mass is 16.5. The molecular weight excluding hydrogens is 188 g/mol. The molecule has 1 heterocycles. The Labute approximate surface area is 92.2 Å². The van der Waals surface area contributed by atoms with Crippen molar-refractivity contribution in [2.24, 2.45) is 0 Å². The fourth-order valence-electron chi connectivity index (χ4n) is 1.62. The molecule has 0 radical (unpaired) electrons. The average Bonchev–Trinajstić information content (AvgIpc) is 2.54. The van der Waals surface area contributed by atoms with Crippen molar-refractivity contribution < 1.29 is 4.52 Å². The van der Waals surface area contributed by atoms with E-state index in [0.717, 1.165) is 30.8 Å². The number of rotatable bonds is 6. The van der Waals surface area contributed by atoms with Crippen molar-refractivity contribution in [3.63, 3.8) is 0 Å². The summed E-state index contributed by atoms with van der Waals surface area (Å²) in [6.07, 6.45) is 3.39.